The van der Waals surface area contributed by atoms with E-state index in [-0.39, 0.29) is 18.6 Å². The van der Waals surface area contributed by atoms with Gasteiger partial charge in [0, 0.05) is 23.7 Å². The molecule has 2 heterocycles. The van der Waals surface area contributed by atoms with Gasteiger partial charge in [-0.15, -0.1) is 16.8 Å². The van der Waals surface area contributed by atoms with Crippen LogP contribution in [0, 0.1) is 13.8 Å². The highest BCUT2D eigenvalue weighted by Gasteiger charge is 2.43. The van der Waals surface area contributed by atoms with Crippen molar-refractivity contribution >= 4 is 38.1 Å². The molecule has 1 unspecified atom stereocenters. The number of aromatic nitrogens is 1. The van der Waals surface area contributed by atoms with Gasteiger partial charge >= 0.3 is 0 Å². The molecule has 0 spiro atoms. The molecule has 1 aliphatic rings. The van der Waals surface area contributed by atoms with E-state index in [9.17, 15) is 5.11 Å². The van der Waals surface area contributed by atoms with Crippen LogP contribution < -0.4 is 4.90 Å². The van der Waals surface area contributed by atoms with Gasteiger partial charge in [0.2, 0.25) is 5.13 Å². The zero-order chi connectivity index (χ0) is 23.9. The fourth-order valence-corrected chi connectivity index (χ4v) is 5.71. The fraction of sp³-hybridized carbons (Fsp3) is 0.400. The predicted molar refractivity (Wildman–Crippen MR) is 133 cm³/mol. The van der Waals surface area contributed by atoms with Gasteiger partial charge in [-0.3, -0.25) is 5.26 Å². The lowest BCUT2D eigenvalue weighted by atomic mass is 9.78. The molecule has 0 saturated carbocycles. The van der Waals surface area contributed by atoms with Crippen molar-refractivity contribution in [3.8, 4) is 0 Å². The lowest BCUT2D eigenvalue weighted by molar-refractivity contribution is -0.253. The van der Waals surface area contributed by atoms with Crippen molar-refractivity contribution in [3.05, 3.63) is 58.7 Å². The van der Waals surface area contributed by atoms with Gasteiger partial charge in [-0.2, -0.15) is 0 Å². The van der Waals surface area contributed by atoms with Crippen LogP contribution in [-0.2, 0) is 23.5 Å². The molecule has 33 heavy (non-hydrogen) atoms. The Kier molecular flexibility index (Phi) is 6.37. The summed E-state index contributed by atoms with van der Waals surface area (Å²) < 4.78 is 0.894. The zero-order valence-corrected chi connectivity index (χ0v) is 20.5. The maximum atomic E-state index is 9.60. The molecule has 0 saturated heterocycles. The minimum absolute atomic E-state index is 0.00514. The number of benzene rings is 2. The van der Waals surface area contributed by atoms with Gasteiger partial charge in [-0.25, -0.2) is 9.87 Å². The number of aliphatic hydroxyl groups excluding tert-OH is 1. The Morgan fingerprint density at radius 3 is 2.67 bits per heavy atom. The number of aryl methyl sites for hydroxylation is 1. The van der Waals surface area contributed by atoms with Crippen molar-refractivity contribution in [2.24, 2.45) is 10.2 Å². The summed E-state index contributed by atoms with van der Waals surface area (Å²) in [5, 5.41) is 28.1. The first kappa shape index (κ1) is 23.5. The SMILES string of the molecule is C=CCN1c2cc(C)c(N=Nc3nc4cc(CO)c(COO)cc4s3)c(C)c2C(C)(C)C1C. The van der Waals surface area contributed by atoms with Crippen LogP contribution in [0.2, 0.25) is 0 Å². The molecule has 8 heteroatoms. The Morgan fingerprint density at radius 2 is 2.00 bits per heavy atom. The van der Waals surface area contributed by atoms with E-state index in [0.717, 1.165) is 33.6 Å². The molecule has 2 N–H and O–H groups in total. The molecule has 0 fully saturated rings. The number of fused-ring (bicyclic) bond motifs is 2. The Bertz CT molecular complexity index is 1250. The van der Waals surface area contributed by atoms with E-state index in [2.05, 4.69) is 72.3 Å². The van der Waals surface area contributed by atoms with Gasteiger partial charge in [-0.05, 0) is 66.8 Å². The minimum Gasteiger partial charge on any atom is -0.392 e. The van der Waals surface area contributed by atoms with Crippen molar-refractivity contribution in [3.63, 3.8) is 0 Å². The molecule has 174 valence electrons. The van der Waals surface area contributed by atoms with Crippen LogP contribution in [0.15, 0.2) is 41.1 Å². The maximum Gasteiger partial charge on any atom is 0.231 e. The summed E-state index contributed by atoms with van der Waals surface area (Å²) in [6.07, 6.45) is 1.95. The summed E-state index contributed by atoms with van der Waals surface area (Å²) in [5.74, 6) is 0. The van der Waals surface area contributed by atoms with Gasteiger partial charge in [0.05, 0.1) is 22.5 Å². The Labute approximate surface area is 198 Å². The molecule has 0 bridgehead atoms. The van der Waals surface area contributed by atoms with E-state index in [4.69, 9.17) is 5.26 Å². The summed E-state index contributed by atoms with van der Waals surface area (Å²) in [6, 6.07) is 6.21. The summed E-state index contributed by atoms with van der Waals surface area (Å²) in [6.45, 7) is 15.6. The van der Waals surface area contributed by atoms with Crippen molar-refractivity contribution in [1.29, 1.82) is 0 Å². The summed E-state index contributed by atoms with van der Waals surface area (Å²) in [5.41, 5.74) is 7.72. The molecule has 2 aromatic carbocycles. The fourth-order valence-electron chi connectivity index (χ4n) is 4.88. The third kappa shape index (κ3) is 3.97. The maximum absolute atomic E-state index is 9.60. The normalized spacial score (nSPS) is 17.3. The molecule has 3 aromatic rings. The highest BCUT2D eigenvalue weighted by molar-refractivity contribution is 7.21. The highest BCUT2D eigenvalue weighted by Crippen LogP contribution is 2.50. The van der Waals surface area contributed by atoms with Gasteiger partial charge in [0.25, 0.3) is 0 Å². The first-order valence-corrected chi connectivity index (χ1v) is 11.8. The average Bonchev–Trinajstić information content (AvgIpc) is 3.24. The zero-order valence-electron chi connectivity index (χ0n) is 19.7. The third-order valence-corrected chi connectivity index (χ3v) is 7.73. The largest absolute Gasteiger partial charge is 0.392 e. The smallest absolute Gasteiger partial charge is 0.231 e. The molecule has 1 aromatic heterocycles. The predicted octanol–water partition coefficient (Wildman–Crippen LogP) is 6.48. The topological polar surface area (TPSA) is 90.5 Å². The molecule has 7 nitrogen and oxygen atoms in total. The van der Waals surface area contributed by atoms with Crippen molar-refractivity contribution in [1.82, 2.24) is 4.98 Å². The molecule has 0 amide bonds. The third-order valence-electron chi connectivity index (χ3n) is 6.83. The van der Waals surface area contributed by atoms with Crippen LogP contribution >= 0.6 is 11.3 Å². The molecule has 1 atom stereocenters. The number of hydrogen-bond donors (Lipinski definition) is 2. The van der Waals surface area contributed by atoms with Crippen LogP contribution in [0.25, 0.3) is 10.2 Å². The second-order valence-electron chi connectivity index (χ2n) is 9.12. The number of azo groups is 1. The molecule has 0 aliphatic carbocycles. The van der Waals surface area contributed by atoms with E-state index in [0.29, 0.717) is 22.3 Å². The Balaban J connectivity index is 1.74. The van der Waals surface area contributed by atoms with Gasteiger partial charge in [-0.1, -0.05) is 31.3 Å². The number of nitrogens with zero attached hydrogens (tertiary/aromatic N) is 4. The van der Waals surface area contributed by atoms with Crippen LogP contribution in [0.3, 0.4) is 0 Å². The highest BCUT2D eigenvalue weighted by atomic mass is 32.1. The van der Waals surface area contributed by atoms with Gasteiger partial charge < -0.3 is 10.0 Å². The first-order chi connectivity index (χ1) is 15.7. The number of hydrogen-bond acceptors (Lipinski definition) is 8. The van der Waals surface area contributed by atoms with Crippen LogP contribution in [-0.4, -0.2) is 27.9 Å². The molecular weight excluding hydrogens is 436 g/mol. The number of aliphatic hydroxyl groups is 1. The molecule has 4 rings (SSSR count). The van der Waals surface area contributed by atoms with E-state index < -0.39 is 0 Å². The average molecular weight is 467 g/mol. The number of anilines is 1. The Morgan fingerprint density at radius 1 is 1.24 bits per heavy atom. The van der Waals surface area contributed by atoms with E-state index in [1.807, 2.05) is 12.1 Å². The van der Waals surface area contributed by atoms with Crippen LogP contribution in [0.4, 0.5) is 16.5 Å². The standard InChI is InChI=1S/C25H30N4O3S/c1-7-8-29-16(4)25(5,6)22-15(3)23(14(2)9-20(22)29)27-28-24-26-19-10-17(12-30)18(13-32-31)11-21(19)33-24/h7,9-11,16,30-31H,1,8,12-13H2,2-6H3. The monoisotopic (exact) mass is 466 g/mol. The first-order valence-electron chi connectivity index (χ1n) is 11.0. The Hall–Kier alpha value is -2.65. The van der Waals surface area contributed by atoms with Crippen molar-refractivity contribution < 1.29 is 15.3 Å². The van der Waals surface area contributed by atoms with E-state index in [1.165, 1.54) is 22.6 Å². The second kappa shape index (κ2) is 8.95. The molecule has 0 radical (unpaired) electrons. The van der Waals surface area contributed by atoms with E-state index >= 15 is 0 Å². The summed E-state index contributed by atoms with van der Waals surface area (Å²) in [4.78, 5) is 11.2. The van der Waals surface area contributed by atoms with E-state index in [1.54, 1.807) is 6.07 Å². The molecule has 1 aliphatic heterocycles. The van der Waals surface area contributed by atoms with Crippen LogP contribution in [0.5, 0.6) is 0 Å². The van der Waals surface area contributed by atoms with Crippen molar-refractivity contribution in [2.45, 2.75) is 59.3 Å². The summed E-state index contributed by atoms with van der Waals surface area (Å²) >= 11 is 1.41. The van der Waals surface area contributed by atoms with Crippen molar-refractivity contribution in [2.75, 3.05) is 11.4 Å². The van der Waals surface area contributed by atoms with Gasteiger partial charge in [0.1, 0.15) is 6.61 Å². The number of thiazole rings is 1. The number of rotatable bonds is 7. The minimum atomic E-state index is -0.159. The summed E-state index contributed by atoms with van der Waals surface area (Å²) in [7, 11) is 0. The quantitative estimate of drug-likeness (QED) is 0.180. The van der Waals surface area contributed by atoms with Gasteiger partial charge in [0.15, 0.2) is 0 Å². The van der Waals surface area contributed by atoms with Crippen LogP contribution in [0.1, 0.15) is 48.6 Å². The second-order valence-corrected chi connectivity index (χ2v) is 10.1. The lowest BCUT2D eigenvalue weighted by Crippen LogP contribution is -2.39. The molecular formula is C25H30N4O3S. The lowest BCUT2D eigenvalue weighted by Gasteiger charge is -2.31.